The van der Waals surface area contributed by atoms with E-state index in [2.05, 4.69) is 10.1 Å². The highest BCUT2D eigenvalue weighted by molar-refractivity contribution is 6.16. The molecule has 74 valence electrons. The van der Waals surface area contributed by atoms with Crippen molar-refractivity contribution >= 4 is 11.6 Å². The summed E-state index contributed by atoms with van der Waals surface area (Å²) < 4.78 is 10.3. The number of nitrogens with zero attached hydrogens (tertiary/aromatic N) is 2. The second-order valence-corrected chi connectivity index (χ2v) is 2.80. The average molecular weight is 205 g/mol. The van der Waals surface area contributed by atoms with Gasteiger partial charge in [0.25, 0.3) is 0 Å². The summed E-state index contributed by atoms with van der Waals surface area (Å²) in [6.45, 7) is 4.59. The number of hydrogen-bond donors (Lipinski definition) is 0. The molecule has 0 aliphatic rings. The van der Waals surface area contributed by atoms with Crippen LogP contribution in [-0.2, 0) is 10.6 Å². The zero-order valence-electron chi connectivity index (χ0n) is 7.79. The Bertz CT molecular complexity index is 252. The van der Waals surface area contributed by atoms with E-state index >= 15 is 0 Å². The number of rotatable bonds is 5. The van der Waals surface area contributed by atoms with Crippen LogP contribution < -0.4 is 0 Å². The molecule has 0 radical (unpaired) electrons. The SMILES string of the molecule is CCOC(CC)c1noc(CCl)n1. The molecule has 0 fully saturated rings. The lowest BCUT2D eigenvalue weighted by Gasteiger charge is -2.09. The summed E-state index contributed by atoms with van der Waals surface area (Å²) in [6.07, 6.45) is 0.750. The van der Waals surface area contributed by atoms with Gasteiger partial charge in [-0.25, -0.2) is 0 Å². The predicted octanol–water partition coefficient (Wildman–Crippen LogP) is 2.30. The van der Waals surface area contributed by atoms with Crippen molar-refractivity contribution in [1.82, 2.24) is 10.1 Å². The third kappa shape index (κ3) is 2.67. The average Bonchev–Trinajstić information content (AvgIpc) is 2.62. The molecule has 1 aromatic rings. The summed E-state index contributed by atoms with van der Waals surface area (Å²) in [4.78, 5) is 4.08. The first-order valence-corrected chi connectivity index (χ1v) is 4.85. The standard InChI is InChI=1S/C8H13ClN2O2/c1-3-6(12-4-2)8-10-7(5-9)13-11-8/h6H,3-5H2,1-2H3. The Morgan fingerprint density at radius 2 is 2.31 bits per heavy atom. The van der Waals surface area contributed by atoms with E-state index in [0.29, 0.717) is 18.3 Å². The Balaban J connectivity index is 2.67. The Kier molecular flexibility index (Phi) is 4.18. The first kappa shape index (κ1) is 10.5. The maximum atomic E-state index is 5.53. The fourth-order valence-electron chi connectivity index (χ4n) is 1.03. The van der Waals surface area contributed by atoms with Gasteiger partial charge in [-0.15, -0.1) is 11.6 Å². The monoisotopic (exact) mass is 204 g/mol. The number of alkyl halides is 1. The molecule has 0 saturated heterocycles. The van der Waals surface area contributed by atoms with Crippen LogP contribution in [0.15, 0.2) is 4.52 Å². The molecule has 0 amide bonds. The molecule has 1 atom stereocenters. The molecule has 1 rings (SSSR count). The lowest BCUT2D eigenvalue weighted by atomic mass is 10.2. The smallest absolute Gasteiger partial charge is 0.241 e. The van der Waals surface area contributed by atoms with Gasteiger partial charge in [-0.05, 0) is 13.3 Å². The molecule has 0 spiro atoms. The molecule has 0 aliphatic carbocycles. The minimum Gasteiger partial charge on any atom is -0.370 e. The van der Waals surface area contributed by atoms with Crippen molar-refractivity contribution in [2.24, 2.45) is 0 Å². The van der Waals surface area contributed by atoms with Crippen LogP contribution in [0, 0.1) is 0 Å². The Morgan fingerprint density at radius 1 is 1.54 bits per heavy atom. The Hall–Kier alpha value is -0.610. The lowest BCUT2D eigenvalue weighted by molar-refractivity contribution is 0.0518. The molecule has 1 heterocycles. The van der Waals surface area contributed by atoms with Gasteiger partial charge in [-0.2, -0.15) is 4.98 Å². The number of ether oxygens (including phenoxy) is 1. The van der Waals surface area contributed by atoms with Crippen molar-refractivity contribution in [3.8, 4) is 0 Å². The molecule has 1 aromatic heterocycles. The molecule has 0 N–H and O–H groups in total. The van der Waals surface area contributed by atoms with Crippen LogP contribution in [0.4, 0.5) is 0 Å². The summed E-state index contributed by atoms with van der Waals surface area (Å²) in [6, 6.07) is 0. The van der Waals surface area contributed by atoms with Crippen LogP contribution in [0.3, 0.4) is 0 Å². The van der Waals surface area contributed by atoms with Gasteiger partial charge >= 0.3 is 0 Å². The zero-order valence-corrected chi connectivity index (χ0v) is 8.54. The highest BCUT2D eigenvalue weighted by Crippen LogP contribution is 2.17. The van der Waals surface area contributed by atoms with Crippen molar-refractivity contribution in [2.45, 2.75) is 32.3 Å². The van der Waals surface area contributed by atoms with E-state index in [4.69, 9.17) is 20.9 Å². The normalized spacial score (nSPS) is 13.2. The van der Waals surface area contributed by atoms with Crippen LogP contribution in [0.5, 0.6) is 0 Å². The fraction of sp³-hybridized carbons (Fsp3) is 0.750. The van der Waals surface area contributed by atoms with Gasteiger partial charge in [0.2, 0.25) is 11.7 Å². The maximum Gasteiger partial charge on any atom is 0.241 e. The fourth-order valence-corrected chi connectivity index (χ4v) is 1.14. The lowest BCUT2D eigenvalue weighted by Crippen LogP contribution is -2.04. The summed E-state index contributed by atoms with van der Waals surface area (Å²) in [5.41, 5.74) is 0. The second kappa shape index (κ2) is 5.19. The van der Waals surface area contributed by atoms with E-state index in [-0.39, 0.29) is 12.0 Å². The van der Waals surface area contributed by atoms with Gasteiger partial charge in [-0.3, -0.25) is 0 Å². The highest BCUT2D eigenvalue weighted by atomic mass is 35.5. The van der Waals surface area contributed by atoms with E-state index in [0.717, 1.165) is 6.42 Å². The van der Waals surface area contributed by atoms with Gasteiger partial charge in [0.15, 0.2) is 0 Å². The van der Waals surface area contributed by atoms with Gasteiger partial charge < -0.3 is 9.26 Å². The first-order valence-electron chi connectivity index (χ1n) is 4.31. The highest BCUT2D eigenvalue weighted by Gasteiger charge is 2.15. The Morgan fingerprint density at radius 3 is 2.77 bits per heavy atom. The molecular formula is C8H13ClN2O2. The third-order valence-electron chi connectivity index (χ3n) is 1.62. The third-order valence-corrected chi connectivity index (χ3v) is 1.85. The van der Waals surface area contributed by atoms with Crippen molar-refractivity contribution in [2.75, 3.05) is 6.61 Å². The van der Waals surface area contributed by atoms with Crippen molar-refractivity contribution in [3.63, 3.8) is 0 Å². The van der Waals surface area contributed by atoms with Gasteiger partial charge in [-0.1, -0.05) is 12.1 Å². The molecule has 0 aromatic carbocycles. The van der Waals surface area contributed by atoms with E-state index in [1.165, 1.54) is 0 Å². The Labute approximate surface area is 82.2 Å². The first-order chi connectivity index (χ1) is 6.31. The molecule has 1 unspecified atom stereocenters. The van der Waals surface area contributed by atoms with Crippen LogP contribution in [0.2, 0.25) is 0 Å². The van der Waals surface area contributed by atoms with Crippen LogP contribution in [-0.4, -0.2) is 16.7 Å². The van der Waals surface area contributed by atoms with Gasteiger partial charge in [0.1, 0.15) is 12.0 Å². The summed E-state index contributed by atoms with van der Waals surface area (Å²) in [5, 5.41) is 3.78. The van der Waals surface area contributed by atoms with E-state index < -0.39 is 0 Å². The van der Waals surface area contributed by atoms with Crippen LogP contribution in [0.1, 0.15) is 38.1 Å². The minimum absolute atomic E-state index is 0.0780. The molecule has 4 nitrogen and oxygen atoms in total. The number of halogens is 1. The molecule has 5 heteroatoms. The molecule has 0 bridgehead atoms. The summed E-state index contributed by atoms with van der Waals surface area (Å²) in [7, 11) is 0. The quantitative estimate of drug-likeness (QED) is 0.691. The van der Waals surface area contributed by atoms with Crippen LogP contribution in [0.25, 0.3) is 0 Å². The summed E-state index contributed by atoms with van der Waals surface area (Å²) in [5.74, 6) is 1.27. The minimum atomic E-state index is -0.0780. The zero-order chi connectivity index (χ0) is 9.68. The topological polar surface area (TPSA) is 48.2 Å². The van der Waals surface area contributed by atoms with Crippen LogP contribution >= 0.6 is 11.6 Å². The van der Waals surface area contributed by atoms with Crippen molar-refractivity contribution in [1.29, 1.82) is 0 Å². The maximum absolute atomic E-state index is 5.53. The van der Waals surface area contributed by atoms with E-state index in [1.807, 2.05) is 13.8 Å². The van der Waals surface area contributed by atoms with Gasteiger partial charge in [0, 0.05) is 6.61 Å². The summed E-state index contributed by atoms with van der Waals surface area (Å²) >= 11 is 5.53. The molecule has 0 saturated carbocycles. The van der Waals surface area contributed by atoms with Crippen molar-refractivity contribution < 1.29 is 9.26 Å². The number of aromatic nitrogens is 2. The van der Waals surface area contributed by atoms with Crippen molar-refractivity contribution in [3.05, 3.63) is 11.7 Å². The predicted molar refractivity (Wildman–Crippen MR) is 48.5 cm³/mol. The van der Waals surface area contributed by atoms with Gasteiger partial charge in [0.05, 0.1) is 0 Å². The molecular weight excluding hydrogens is 192 g/mol. The second-order valence-electron chi connectivity index (χ2n) is 2.53. The largest absolute Gasteiger partial charge is 0.370 e. The van der Waals surface area contributed by atoms with E-state index in [1.54, 1.807) is 0 Å². The molecule has 13 heavy (non-hydrogen) atoms. The van der Waals surface area contributed by atoms with E-state index in [9.17, 15) is 0 Å². The number of hydrogen-bond acceptors (Lipinski definition) is 4. The molecule has 0 aliphatic heterocycles.